The standard InChI is InChI=1S/C22H28N4O2/c27-20(9-13-25-14-12-23-17-25)24-16-22-10-4-7-19(22)26(21(28)8-11-22)15-18-5-2-1-3-6-18/h1-3,5-6,12,14,17,19H,4,7-11,13,15-16H2,(H,24,27)/t19-,22+/m1/s1. The fourth-order valence-electron chi connectivity index (χ4n) is 4.86. The lowest BCUT2D eigenvalue weighted by molar-refractivity contribution is -0.142. The molecule has 0 radical (unpaired) electrons. The zero-order valence-corrected chi connectivity index (χ0v) is 16.2. The highest BCUT2D eigenvalue weighted by Crippen LogP contribution is 2.48. The fourth-order valence-corrected chi connectivity index (χ4v) is 4.86. The van der Waals surface area contributed by atoms with Crippen molar-refractivity contribution in [2.75, 3.05) is 6.54 Å². The van der Waals surface area contributed by atoms with Gasteiger partial charge in [-0.05, 0) is 24.8 Å². The van der Waals surface area contributed by atoms with Gasteiger partial charge >= 0.3 is 0 Å². The minimum atomic E-state index is 0.0212. The van der Waals surface area contributed by atoms with Gasteiger partial charge < -0.3 is 14.8 Å². The molecule has 2 fully saturated rings. The molecule has 0 bridgehead atoms. The van der Waals surface area contributed by atoms with Crippen LogP contribution in [0.15, 0.2) is 49.1 Å². The second-order valence-corrected chi connectivity index (χ2v) is 8.10. The monoisotopic (exact) mass is 380 g/mol. The van der Waals surface area contributed by atoms with Crippen molar-refractivity contribution in [3.05, 3.63) is 54.6 Å². The molecule has 6 nitrogen and oxygen atoms in total. The summed E-state index contributed by atoms with van der Waals surface area (Å²) in [7, 11) is 0. The molecular formula is C22H28N4O2. The SMILES string of the molecule is O=C(CCn1ccnc1)NC[C@@]12CCC[C@H]1N(Cc1ccccc1)C(=O)CC2. The molecule has 2 atom stereocenters. The van der Waals surface area contributed by atoms with Crippen LogP contribution >= 0.6 is 0 Å². The number of likely N-dealkylation sites (tertiary alicyclic amines) is 1. The van der Waals surface area contributed by atoms with E-state index in [2.05, 4.69) is 27.3 Å². The number of aromatic nitrogens is 2. The molecule has 6 heteroatoms. The number of carbonyl (C=O) groups excluding carboxylic acids is 2. The maximum absolute atomic E-state index is 12.7. The molecule has 28 heavy (non-hydrogen) atoms. The third kappa shape index (κ3) is 3.96. The zero-order chi connectivity index (χ0) is 19.4. The van der Waals surface area contributed by atoms with E-state index in [-0.39, 0.29) is 23.3 Å². The second-order valence-electron chi connectivity index (χ2n) is 8.10. The Morgan fingerprint density at radius 2 is 2.11 bits per heavy atom. The Labute approximate surface area is 165 Å². The van der Waals surface area contributed by atoms with Crippen LogP contribution in [0.4, 0.5) is 0 Å². The summed E-state index contributed by atoms with van der Waals surface area (Å²) in [4.78, 5) is 31.1. The number of rotatable bonds is 7. The van der Waals surface area contributed by atoms with E-state index >= 15 is 0 Å². The van der Waals surface area contributed by atoms with Crippen LogP contribution in [-0.4, -0.2) is 38.9 Å². The molecule has 1 aromatic heterocycles. The lowest BCUT2D eigenvalue weighted by atomic mass is 9.74. The molecule has 1 saturated heterocycles. The van der Waals surface area contributed by atoms with Crippen molar-refractivity contribution in [1.82, 2.24) is 19.8 Å². The van der Waals surface area contributed by atoms with Crippen molar-refractivity contribution in [1.29, 1.82) is 0 Å². The summed E-state index contributed by atoms with van der Waals surface area (Å²) in [6, 6.07) is 10.4. The first kappa shape index (κ1) is 18.7. The Morgan fingerprint density at radius 3 is 2.89 bits per heavy atom. The molecule has 4 rings (SSSR count). The van der Waals surface area contributed by atoms with E-state index in [1.165, 1.54) is 5.56 Å². The van der Waals surface area contributed by atoms with Crippen LogP contribution in [0.5, 0.6) is 0 Å². The summed E-state index contributed by atoms with van der Waals surface area (Å²) in [5.74, 6) is 0.318. The minimum absolute atomic E-state index is 0.0212. The topological polar surface area (TPSA) is 67.2 Å². The van der Waals surface area contributed by atoms with Gasteiger partial charge in [0.2, 0.25) is 11.8 Å². The summed E-state index contributed by atoms with van der Waals surface area (Å²) in [5.41, 5.74) is 1.19. The van der Waals surface area contributed by atoms with Gasteiger partial charge in [0, 0.05) is 56.3 Å². The Balaban J connectivity index is 1.39. The summed E-state index contributed by atoms with van der Waals surface area (Å²) >= 11 is 0. The molecule has 2 aromatic rings. The van der Waals surface area contributed by atoms with Crippen molar-refractivity contribution >= 4 is 11.8 Å². The van der Waals surface area contributed by atoms with Crippen LogP contribution in [-0.2, 0) is 22.7 Å². The van der Waals surface area contributed by atoms with Gasteiger partial charge in [0.25, 0.3) is 0 Å². The predicted octanol–water partition coefficient (Wildman–Crippen LogP) is 2.75. The predicted molar refractivity (Wildman–Crippen MR) is 106 cm³/mol. The van der Waals surface area contributed by atoms with Gasteiger partial charge in [-0.2, -0.15) is 0 Å². The van der Waals surface area contributed by atoms with Crippen LogP contribution in [0.3, 0.4) is 0 Å². The average Bonchev–Trinajstić information content (AvgIpc) is 3.38. The summed E-state index contributed by atoms with van der Waals surface area (Å²) in [5, 5.41) is 3.17. The quantitative estimate of drug-likeness (QED) is 0.803. The molecule has 1 N–H and O–H groups in total. The number of carbonyl (C=O) groups is 2. The van der Waals surface area contributed by atoms with Gasteiger partial charge in [0.15, 0.2) is 0 Å². The number of amides is 2. The third-order valence-corrected chi connectivity index (χ3v) is 6.38. The number of nitrogens with one attached hydrogen (secondary N) is 1. The number of nitrogens with zero attached hydrogens (tertiary/aromatic N) is 3. The molecular weight excluding hydrogens is 352 g/mol. The van der Waals surface area contributed by atoms with E-state index in [4.69, 9.17) is 0 Å². The number of imidazole rings is 1. The molecule has 0 unspecified atom stereocenters. The average molecular weight is 380 g/mol. The largest absolute Gasteiger partial charge is 0.355 e. The number of benzene rings is 1. The van der Waals surface area contributed by atoms with E-state index in [1.54, 1.807) is 12.5 Å². The van der Waals surface area contributed by atoms with Crippen molar-refractivity contribution in [3.8, 4) is 0 Å². The number of hydrogen-bond acceptors (Lipinski definition) is 3. The minimum Gasteiger partial charge on any atom is -0.355 e. The smallest absolute Gasteiger partial charge is 0.223 e. The first-order valence-electron chi connectivity index (χ1n) is 10.2. The van der Waals surface area contributed by atoms with E-state index in [9.17, 15) is 9.59 Å². The Morgan fingerprint density at radius 1 is 1.25 bits per heavy atom. The van der Waals surface area contributed by atoms with E-state index < -0.39 is 0 Å². The van der Waals surface area contributed by atoms with Crippen molar-refractivity contribution in [3.63, 3.8) is 0 Å². The van der Waals surface area contributed by atoms with Crippen molar-refractivity contribution in [2.45, 2.75) is 57.7 Å². The molecule has 2 heterocycles. The summed E-state index contributed by atoms with van der Waals surface area (Å²) in [6.07, 6.45) is 10.5. The maximum atomic E-state index is 12.7. The van der Waals surface area contributed by atoms with Crippen LogP contribution < -0.4 is 5.32 Å². The lowest BCUT2D eigenvalue weighted by Crippen LogP contribution is -2.55. The Kier molecular flexibility index (Phi) is 5.46. The van der Waals surface area contributed by atoms with Crippen LogP contribution in [0.2, 0.25) is 0 Å². The normalized spacial score (nSPS) is 24.2. The van der Waals surface area contributed by atoms with Crippen LogP contribution in [0.1, 0.15) is 44.1 Å². The first-order valence-corrected chi connectivity index (χ1v) is 10.2. The third-order valence-electron chi connectivity index (χ3n) is 6.38. The van der Waals surface area contributed by atoms with Crippen LogP contribution in [0, 0.1) is 5.41 Å². The summed E-state index contributed by atoms with van der Waals surface area (Å²) < 4.78 is 1.91. The van der Waals surface area contributed by atoms with Gasteiger partial charge in [-0.3, -0.25) is 9.59 Å². The second kappa shape index (κ2) is 8.17. The highest BCUT2D eigenvalue weighted by atomic mass is 16.2. The maximum Gasteiger partial charge on any atom is 0.223 e. The van der Waals surface area contributed by atoms with Crippen LogP contribution in [0.25, 0.3) is 0 Å². The lowest BCUT2D eigenvalue weighted by Gasteiger charge is -2.46. The summed E-state index contributed by atoms with van der Waals surface area (Å²) in [6.45, 7) is 1.97. The molecule has 1 aromatic carbocycles. The fraction of sp³-hybridized carbons (Fsp3) is 0.500. The molecule has 2 aliphatic rings. The molecule has 148 valence electrons. The van der Waals surface area contributed by atoms with Gasteiger partial charge in [0.1, 0.15) is 0 Å². The molecule has 0 spiro atoms. The number of fused-ring (bicyclic) bond motifs is 1. The Hall–Kier alpha value is -2.63. The van der Waals surface area contributed by atoms with Gasteiger partial charge in [-0.15, -0.1) is 0 Å². The van der Waals surface area contributed by atoms with E-state index in [0.717, 1.165) is 25.7 Å². The van der Waals surface area contributed by atoms with E-state index in [0.29, 0.717) is 32.5 Å². The highest BCUT2D eigenvalue weighted by Gasteiger charge is 2.50. The highest BCUT2D eigenvalue weighted by molar-refractivity contribution is 5.78. The molecule has 2 amide bonds. The van der Waals surface area contributed by atoms with Gasteiger partial charge in [0.05, 0.1) is 6.33 Å². The van der Waals surface area contributed by atoms with Crippen molar-refractivity contribution in [2.24, 2.45) is 5.41 Å². The zero-order valence-electron chi connectivity index (χ0n) is 16.2. The molecule has 1 aliphatic heterocycles. The van der Waals surface area contributed by atoms with Gasteiger partial charge in [-0.25, -0.2) is 4.98 Å². The first-order chi connectivity index (χ1) is 13.7. The molecule has 1 aliphatic carbocycles. The number of aryl methyl sites for hydroxylation is 1. The van der Waals surface area contributed by atoms with E-state index in [1.807, 2.05) is 29.0 Å². The van der Waals surface area contributed by atoms with Crippen molar-refractivity contribution < 1.29 is 9.59 Å². The Bertz CT molecular complexity index is 805. The number of piperidine rings is 1. The van der Waals surface area contributed by atoms with Gasteiger partial charge in [-0.1, -0.05) is 36.8 Å². The number of hydrogen-bond donors (Lipinski definition) is 1. The molecule has 1 saturated carbocycles.